The van der Waals surface area contributed by atoms with Gasteiger partial charge in [0.15, 0.2) is 0 Å². The number of nitrogens with one attached hydrogen (secondary N) is 1. The molecule has 1 N–H and O–H groups in total. The fourth-order valence-electron chi connectivity index (χ4n) is 2.14. The highest BCUT2D eigenvalue weighted by atomic mass is 32.2. The molecular weight excluding hydrogens is 348 g/mol. The molecule has 0 aliphatic heterocycles. The summed E-state index contributed by atoms with van der Waals surface area (Å²) in [5.74, 6) is -0.0532. The van der Waals surface area contributed by atoms with Crippen molar-refractivity contribution >= 4 is 27.3 Å². The molecule has 9 heteroatoms. The van der Waals surface area contributed by atoms with Gasteiger partial charge in [0.1, 0.15) is 4.21 Å². The van der Waals surface area contributed by atoms with Crippen molar-refractivity contribution in [2.24, 2.45) is 0 Å². The van der Waals surface area contributed by atoms with Gasteiger partial charge in [-0.25, -0.2) is 17.7 Å². The molecule has 2 aromatic heterocycles. The van der Waals surface area contributed by atoms with Crippen LogP contribution in [0, 0.1) is 0 Å². The van der Waals surface area contributed by atoms with E-state index in [0.29, 0.717) is 30.1 Å². The average Bonchev–Trinajstić information content (AvgIpc) is 3.24. The molecule has 0 aliphatic rings. The van der Waals surface area contributed by atoms with Gasteiger partial charge in [-0.3, -0.25) is 4.79 Å². The van der Waals surface area contributed by atoms with E-state index in [1.807, 2.05) is 10.8 Å². The van der Waals surface area contributed by atoms with Crippen molar-refractivity contribution in [3.05, 3.63) is 36.2 Å². The highest BCUT2D eigenvalue weighted by Crippen LogP contribution is 2.19. The Balaban J connectivity index is 1.61. The molecule has 0 saturated carbocycles. The van der Waals surface area contributed by atoms with Crippen molar-refractivity contribution in [2.45, 2.75) is 30.0 Å². The predicted octanol–water partition coefficient (Wildman–Crippen LogP) is 1.55. The summed E-state index contributed by atoms with van der Waals surface area (Å²) in [6.45, 7) is 1.73. The number of amides is 1. The maximum atomic E-state index is 12.2. The second-order valence-electron chi connectivity index (χ2n) is 5.37. The molecule has 0 radical (unpaired) electrons. The number of hydrogen-bond donors (Lipinski definition) is 1. The van der Waals surface area contributed by atoms with Crippen molar-refractivity contribution in [3.8, 4) is 0 Å². The van der Waals surface area contributed by atoms with Crippen LogP contribution in [0.4, 0.5) is 0 Å². The van der Waals surface area contributed by atoms with Crippen LogP contribution in [-0.4, -0.2) is 48.3 Å². The van der Waals surface area contributed by atoms with Gasteiger partial charge in [-0.2, -0.15) is 0 Å². The van der Waals surface area contributed by atoms with Crippen molar-refractivity contribution < 1.29 is 13.2 Å². The maximum absolute atomic E-state index is 12.2. The van der Waals surface area contributed by atoms with E-state index >= 15 is 0 Å². The highest BCUT2D eigenvalue weighted by molar-refractivity contribution is 7.91. The Labute approximate surface area is 146 Å². The third-order valence-electron chi connectivity index (χ3n) is 3.51. The second kappa shape index (κ2) is 8.95. The zero-order valence-electron chi connectivity index (χ0n) is 13.6. The smallest absolute Gasteiger partial charge is 0.252 e. The summed E-state index contributed by atoms with van der Waals surface area (Å²) in [5, 5.41) is 4.58. The standard InChI is InChI=1S/C15H22N4O3S2/c1-18(24(21,22)15-6-3-12-23-15)9-2-5-14(20)17-7-4-10-19-11-8-16-13-19/h3,6,8,11-13H,2,4-5,7,9-10H2,1H3,(H,17,20). The van der Waals surface area contributed by atoms with Gasteiger partial charge in [0.25, 0.3) is 10.0 Å². The fraction of sp³-hybridized carbons (Fsp3) is 0.467. The molecule has 7 nitrogen and oxygen atoms in total. The molecule has 0 atom stereocenters. The summed E-state index contributed by atoms with van der Waals surface area (Å²) >= 11 is 1.20. The minimum atomic E-state index is -3.43. The first-order chi connectivity index (χ1) is 11.5. The molecule has 0 aliphatic carbocycles. The van der Waals surface area contributed by atoms with Crippen molar-refractivity contribution in [2.75, 3.05) is 20.1 Å². The SMILES string of the molecule is CN(CCCC(=O)NCCCn1ccnc1)S(=O)(=O)c1cccs1. The number of aryl methyl sites for hydroxylation is 1. The van der Waals surface area contributed by atoms with Crippen LogP contribution >= 0.6 is 11.3 Å². The molecule has 2 rings (SSSR count). The zero-order valence-corrected chi connectivity index (χ0v) is 15.2. The molecule has 0 saturated heterocycles. The Hall–Kier alpha value is -1.71. The van der Waals surface area contributed by atoms with E-state index in [9.17, 15) is 13.2 Å². The van der Waals surface area contributed by atoms with E-state index < -0.39 is 10.0 Å². The minimum Gasteiger partial charge on any atom is -0.356 e. The Morgan fingerprint density at radius 3 is 2.92 bits per heavy atom. The van der Waals surface area contributed by atoms with E-state index in [-0.39, 0.29) is 5.91 Å². The number of nitrogens with zero attached hydrogens (tertiary/aromatic N) is 3. The van der Waals surface area contributed by atoms with Crippen LogP contribution in [0.5, 0.6) is 0 Å². The molecule has 24 heavy (non-hydrogen) atoms. The van der Waals surface area contributed by atoms with Crippen LogP contribution in [0.25, 0.3) is 0 Å². The van der Waals surface area contributed by atoms with Gasteiger partial charge in [0, 0.05) is 45.5 Å². The lowest BCUT2D eigenvalue weighted by molar-refractivity contribution is -0.121. The van der Waals surface area contributed by atoms with E-state index in [1.54, 1.807) is 30.0 Å². The predicted molar refractivity (Wildman–Crippen MR) is 93.2 cm³/mol. The van der Waals surface area contributed by atoms with Crippen LogP contribution in [0.2, 0.25) is 0 Å². The van der Waals surface area contributed by atoms with E-state index in [1.165, 1.54) is 22.7 Å². The Morgan fingerprint density at radius 2 is 2.25 bits per heavy atom. The Bertz CT molecular complexity index is 712. The number of thiophene rings is 1. The van der Waals surface area contributed by atoms with Gasteiger partial charge in [-0.05, 0) is 24.3 Å². The number of carbonyl (C=O) groups is 1. The minimum absolute atomic E-state index is 0.0532. The van der Waals surface area contributed by atoms with Crippen LogP contribution in [0.15, 0.2) is 40.4 Å². The second-order valence-corrected chi connectivity index (χ2v) is 8.59. The van der Waals surface area contributed by atoms with Gasteiger partial charge in [-0.15, -0.1) is 11.3 Å². The molecule has 0 fully saturated rings. The summed E-state index contributed by atoms with van der Waals surface area (Å²) in [4.78, 5) is 15.7. The normalized spacial score (nSPS) is 11.8. The largest absolute Gasteiger partial charge is 0.356 e. The summed E-state index contributed by atoms with van der Waals surface area (Å²) < 4.78 is 28.0. The van der Waals surface area contributed by atoms with Gasteiger partial charge in [-0.1, -0.05) is 6.07 Å². The lowest BCUT2D eigenvalue weighted by Gasteiger charge is -2.15. The molecule has 0 bridgehead atoms. The molecule has 0 spiro atoms. The molecule has 2 heterocycles. The lowest BCUT2D eigenvalue weighted by Crippen LogP contribution is -2.29. The number of sulfonamides is 1. The van der Waals surface area contributed by atoms with Crippen molar-refractivity contribution in [3.63, 3.8) is 0 Å². The number of aromatic nitrogens is 2. The third-order valence-corrected chi connectivity index (χ3v) is 6.74. The highest BCUT2D eigenvalue weighted by Gasteiger charge is 2.21. The fourth-order valence-corrected chi connectivity index (χ4v) is 4.55. The topological polar surface area (TPSA) is 84.3 Å². The maximum Gasteiger partial charge on any atom is 0.252 e. The van der Waals surface area contributed by atoms with Gasteiger partial charge >= 0.3 is 0 Å². The van der Waals surface area contributed by atoms with E-state index in [4.69, 9.17) is 0 Å². The first-order valence-corrected chi connectivity index (χ1v) is 10.0. The van der Waals surface area contributed by atoms with E-state index in [2.05, 4.69) is 10.3 Å². The van der Waals surface area contributed by atoms with Gasteiger partial charge < -0.3 is 9.88 Å². The number of hydrogen-bond acceptors (Lipinski definition) is 5. The molecule has 2 aromatic rings. The van der Waals surface area contributed by atoms with Gasteiger partial charge in [0.05, 0.1) is 6.33 Å². The third kappa shape index (κ3) is 5.43. The summed E-state index contributed by atoms with van der Waals surface area (Å²) in [5.41, 5.74) is 0. The summed E-state index contributed by atoms with van der Waals surface area (Å²) in [6.07, 6.45) is 6.98. The Kier molecular flexibility index (Phi) is 6.95. The van der Waals surface area contributed by atoms with Gasteiger partial charge in [0.2, 0.25) is 5.91 Å². The first kappa shape index (κ1) is 18.6. The number of carbonyl (C=O) groups excluding carboxylic acids is 1. The van der Waals surface area contributed by atoms with Crippen molar-refractivity contribution in [1.82, 2.24) is 19.2 Å². The van der Waals surface area contributed by atoms with Crippen LogP contribution in [0.3, 0.4) is 0 Å². The zero-order chi connectivity index (χ0) is 17.4. The molecule has 0 aromatic carbocycles. The quantitative estimate of drug-likeness (QED) is 0.643. The summed E-state index contributed by atoms with van der Waals surface area (Å²) in [7, 11) is -1.89. The number of imidazole rings is 1. The Morgan fingerprint density at radius 1 is 1.42 bits per heavy atom. The van der Waals surface area contributed by atoms with Crippen LogP contribution in [0.1, 0.15) is 19.3 Å². The lowest BCUT2D eigenvalue weighted by atomic mass is 10.3. The van der Waals surface area contributed by atoms with Crippen LogP contribution in [-0.2, 0) is 21.4 Å². The van der Waals surface area contributed by atoms with E-state index in [0.717, 1.165) is 13.0 Å². The summed E-state index contributed by atoms with van der Waals surface area (Å²) in [6, 6.07) is 3.30. The van der Waals surface area contributed by atoms with Crippen LogP contribution < -0.4 is 5.32 Å². The van der Waals surface area contributed by atoms with Crippen molar-refractivity contribution in [1.29, 1.82) is 0 Å². The monoisotopic (exact) mass is 370 g/mol. The number of rotatable bonds is 10. The molecule has 1 amide bonds. The molecule has 132 valence electrons. The first-order valence-electron chi connectivity index (χ1n) is 7.72. The average molecular weight is 371 g/mol. The molecule has 0 unspecified atom stereocenters. The molecular formula is C15H22N4O3S2.